The molecule has 0 fully saturated rings. The quantitative estimate of drug-likeness (QED) is 0.678. The van der Waals surface area contributed by atoms with Crippen LogP contribution in [0.5, 0.6) is 11.5 Å². The van der Waals surface area contributed by atoms with E-state index in [2.05, 4.69) is 5.16 Å². The third kappa shape index (κ3) is 4.11. The lowest BCUT2D eigenvalue weighted by molar-refractivity contribution is 0.217. The molecule has 2 N–H and O–H groups in total. The molecule has 1 heterocycles. The van der Waals surface area contributed by atoms with Crippen LogP contribution in [0.4, 0.5) is 0 Å². The largest absolute Gasteiger partial charge is 0.490 e. The van der Waals surface area contributed by atoms with E-state index in [0.717, 1.165) is 22.8 Å². The molecule has 23 heavy (non-hydrogen) atoms. The average Bonchev–Trinajstić information content (AvgIpc) is 3.09. The first-order valence-corrected chi connectivity index (χ1v) is 7.42. The van der Waals surface area contributed by atoms with Crippen LogP contribution in [0, 0.1) is 0 Å². The molecule has 0 atom stereocenters. The van der Waals surface area contributed by atoms with Crippen LogP contribution in [-0.2, 0) is 6.54 Å². The molecule has 5 heteroatoms. The highest BCUT2D eigenvalue weighted by molar-refractivity contribution is 5.58. The van der Waals surface area contributed by atoms with Crippen molar-refractivity contribution in [3.63, 3.8) is 0 Å². The zero-order chi connectivity index (χ0) is 15.9. The number of benzene rings is 2. The van der Waals surface area contributed by atoms with Crippen LogP contribution in [0.2, 0.25) is 0 Å². The SMILES string of the molecule is NCc1cc(-c2ccc(OCCOc3ccccc3)cc2)on1. The minimum atomic E-state index is 0.367. The van der Waals surface area contributed by atoms with E-state index in [1.807, 2.05) is 60.7 Å². The number of nitrogens with zero attached hydrogens (tertiary/aromatic N) is 1. The minimum Gasteiger partial charge on any atom is -0.490 e. The van der Waals surface area contributed by atoms with Gasteiger partial charge in [0.2, 0.25) is 0 Å². The second-order valence-electron chi connectivity index (χ2n) is 4.92. The van der Waals surface area contributed by atoms with Gasteiger partial charge in [-0.2, -0.15) is 0 Å². The number of aromatic nitrogens is 1. The average molecular weight is 310 g/mol. The Hall–Kier alpha value is -2.79. The van der Waals surface area contributed by atoms with Crippen LogP contribution in [0.1, 0.15) is 5.69 Å². The van der Waals surface area contributed by atoms with Gasteiger partial charge in [0.15, 0.2) is 5.76 Å². The van der Waals surface area contributed by atoms with E-state index in [9.17, 15) is 0 Å². The Labute approximate surface area is 134 Å². The highest BCUT2D eigenvalue weighted by Crippen LogP contribution is 2.23. The van der Waals surface area contributed by atoms with Gasteiger partial charge in [-0.1, -0.05) is 23.4 Å². The second kappa shape index (κ2) is 7.47. The molecule has 5 nitrogen and oxygen atoms in total. The molecule has 3 aromatic rings. The Morgan fingerprint density at radius 2 is 1.52 bits per heavy atom. The maximum atomic E-state index is 5.65. The van der Waals surface area contributed by atoms with Crippen LogP contribution in [0.15, 0.2) is 65.2 Å². The normalized spacial score (nSPS) is 10.5. The van der Waals surface area contributed by atoms with Crippen molar-refractivity contribution in [2.75, 3.05) is 13.2 Å². The summed E-state index contributed by atoms with van der Waals surface area (Å²) in [5.41, 5.74) is 7.19. The van der Waals surface area contributed by atoms with Gasteiger partial charge in [-0.25, -0.2) is 0 Å². The predicted molar refractivity (Wildman–Crippen MR) is 87.3 cm³/mol. The zero-order valence-corrected chi connectivity index (χ0v) is 12.6. The van der Waals surface area contributed by atoms with Crippen molar-refractivity contribution < 1.29 is 14.0 Å². The Kier molecular flexibility index (Phi) is 4.91. The third-order valence-electron chi connectivity index (χ3n) is 3.27. The fourth-order valence-electron chi connectivity index (χ4n) is 2.10. The van der Waals surface area contributed by atoms with Crippen molar-refractivity contribution in [2.45, 2.75) is 6.54 Å². The Morgan fingerprint density at radius 1 is 0.870 bits per heavy atom. The molecule has 0 aliphatic heterocycles. The van der Waals surface area contributed by atoms with Crippen molar-refractivity contribution in [1.82, 2.24) is 5.16 Å². The number of hydrogen-bond acceptors (Lipinski definition) is 5. The van der Waals surface area contributed by atoms with Crippen LogP contribution in [0.3, 0.4) is 0 Å². The number of nitrogens with two attached hydrogens (primary N) is 1. The Balaban J connectivity index is 1.49. The topological polar surface area (TPSA) is 70.5 Å². The molecule has 0 amide bonds. The molecular formula is C18H18N2O3. The van der Waals surface area contributed by atoms with Crippen LogP contribution < -0.4 is 15.2 Å². The summed E-state index contributed by atoms with van der Waals surface area (Å²) >= 11 is 0. The Morgan fingerprint density at radius 3 is 2.13 bits per heavy atom. The van der Waals surface area contributed by atoms with Gasteiger partial charge in [0.05, 0.1) is 5.69 Å². The van der Waals surface area contributed by atoms with E-state index in [1.165, 1.54) is 0 Å². The molecule has 0 aliphatic carbocycles. The smallest absolute Gasteiger partial charge is 0.167 e. The van der Waals surface area contributed by atoms with E-state index in [4.69, 9.17) is 19.7 Å². The molecule has 2 aromatic carbocycles. The van der Waals surface area contributed by atoms with Gasteiger partial charge in [0, 0.05) is 18.2 Å². The summed E-state index contributed by atoms with van der Waals surface area (Å²) in [5, 5.41) is 3.88. The van der Waals surface area contributed by atoms with Crippen LogP contribution in [0.25, 0.3) is 11.3 Å². The molecule has 1 aromatic heterocycles. The molecule has 0 saturated carbocycles. The van der Waals surface area contributed by atoms with Gasteiger partial charge in [0.25, 0.3) is 0 Å². The van der Waals surface area contributed by atoms with Gasteiger partial charge in [-0.3, -0.25) is 0 Å². The molecule has 0 radical (unpaired) electrons. The number of para-hydroxylation sites is 1. The second-order valence-corrected chi connectivity index (χ2v) is 4.92. The van der Waals surface area contributed by atoms with E-state index >= 15 is 0 Å². The summed E-state index contributed by atoms with van der Waals surface area (Å²) < 4.78 is 16.5. The number of rotatable bonds is 7. The van der Waals surface area contributed by atoms with E-state index in [1.54, 1.807) is 0 Å². The summed E-state index contributed by atoms with van der Waals surface area (Å²) in [6, 6.07) is 19.1. The Bertz CT molecular complexity index is 724. The zero-order valence-electron chi connectivity index (χ0n) is 12.6. The van der Waals surface area contributed by atoms with Gasteiger partial charge in [-0.05, 0) is 36.4 Å². The van der Waals surface area contributed by atoms with Gasteiger partial charge in [0.1, 0.15) is 24.7 Å². The first kappa shape index (κ1) is 15.1. The maximum absolute atomic E-state index is 5.65. The monoisotopic (exact) mass is 310 g/mol. The molecule has 3 rings (SSSR count). The number of hydrogen-bond donors (Lipinski definition) is 1. The lowest BCUT2D eigenvalue weighted by Gasteiger charge is -2.08. The van der Waals surface area contributed by atoms with Gasteiger partial charge >= 0.3 is 0 Å². The van der Waals surface area contributed by atoms with Crippen molar-refractivity contribution in [2.24, 2.45) is 5.73 Å². The summed E-state index contributed by atoms with van der Waals surface area (Å²) in [7, 11) is 0. The van der Waals surface area contributed by atoms with Crippen molar-refractivity contribution in [1.29, 1.82) is 0 Å². The summed E-state index contributed by atoms with van der Waals surface area (Å²) in [6.45, 7) is 1.34. The van der Waals surface area contributed by atoms with Crippen LogP contribution in [-0.4, -0.2) is 18.4 Å². The van der Waals surface area contributed by atoms with E-state index in [-0.39, 0.29) is 0 Å². The standard InChI is InChI=1S/C18H18N2O3/c19-13-15-12-18(23-20-15)14-6-8-17(9-7-14)22-11-10-21-16-4-2-1-3-5-16/h1-9,12H,10-11,13,19H2. The molecule has 0 bridgehead atoms. The van der Waals surface area contributed by atoms with Crippen LogP contribution >= 0.6 is 0 Å². The van der Waals surface area contributed by atoms with Crippen molar-refractivity contribution >= 4 is 0 Å². The minimum absolute atomic E-state index is 0.367. The first-order chi connectivity index (χ1) is 11.3. The molecule has 0 spiro atoms. The fraction of sp³-hybridized carbons (Fsp3) is 0.167. The third-order valence-corrected chi connectivity index (χ3v) is 3.27. The molecular weight excluding hydrogens is 292 g/mol. The van der Waals surface area contributed by atoms with E-state index in [0.29, 0.717) is 25.5 Å². The van der Waals surface area contributed by atoms with Gasteiger partial charge in [-0.15, -0.1) is 0 Å². The molecule has 0 aliphatic rings. The van der Waals surface area contributed by atoms with Gasteiger partial charge < -0.3 is 19.7 Å². The highest BCUT2D eigenvalue weighted by Gasteiger charge is 2.05. The maximum Gasteiger partial charge on any atom is 0.167 e. The van der Waals surface area contributed by atoms with Crippen molar-refractivity contribution in [3.8, 4) is 22.8 Å². The molecule has 118 valence electrons. The summed E-state index contributed by atoms with van der Waals surface area (Å²) in [4.78, 5) is 0. The van der Waals surface area contributed by atoms with E-state index < -0.39 is 0 Å². The fourth-order valence-corrected chi connectivity index (χ4v) is 2.10. The lowest BCUT2D eigenvalue weighted by Crippen LogP contribution is -2.08. The molecule has 0 saturated heterocycles. The summed E-state index contributed by atoms with van der Waals surface area (Å²) in [6.07, 6.45) is 0. The number of ether oxygens (including phenoxy) is 2. The predicted octanol–water partition coefficient (Wildman–Crippen LogP) is 3.26. The first-order valence-electron chi connectivity index (χ1n) is 7.42. The lowest BCUT2D eigenvalue weighted by atomic mass is 10.1. The molecule has 0 unspecified atom stereocenters. The summed E-state index contributed by atoms with van der Waals surface area (Å²) in [5.74, 6) is 2.32. The highest BCUT2D eigenvalue weighted by atomic mass is 16.5. The van der Waals surface area contributed by atoms with Crippen molar-refractivity contribution in [3.05, 3.63) is 66.4 Å².